The van der Waals surface area contributed by atoms with Gasteiger partial charge in [-0.2, -0.15) is 0 Å². The maximum atomic E-state index is 11.4. The smallest absolute Gasteiger partial charge is 0.320 e. The van der Waals surface area contributed by atoms with Crippen molar-refractivity contribution in [2.24, 2.45) is 0 Å². The van der Waals surface area contributed by atoms with Gasteiger partial charge in [0.15, 0.2) is 0 Å². The van der Waals surface area contributed by atoms with Crippen molar-refractivity contribution in [2.75, 3.05) is 19.7 Å². The molecule has 5 heteroatoms. The van der Waals surface area contributed by atoms with Crippen LogP contribution in [0.2, 0.25) is 0 Å². The van der Waals surface area contributed by atoms with Crippen LogP contribution in [0, 0.1) is 0 Å². The van der Waals surface area contributed by atoms with E-state index < -0.39 is 0 Å². The summed E-state index contributed by atoms with van der Waals surface area (Å²) in [5, 5.41) is 1.20. The number of ether oxygens (including phenoxy) is 1. The summed E-state index contributed by atoms with van der Waals surface area (Å²) in [6.07, 6.45) is 1.95. The van der Waals surface area contributed by atoms with E-state index >= 15 is 0 Å². The van der Waals surface area contributed by atoms with Crippen molar-refractivity contribution >= 4 is 17.3 Å². The Labute approximate surface area is 106 Å². The quantitative estimate of drug-likeness (QED) is 0.766. The van der Waals surface area contributed by atoms with Crippen LogP contribution in [0.25, 0.3) is 0 Å². The summed E-state index contributed by atoms with van der Waals surface area (Å²) < 4.78 is 4.97. The molecular weight excluding hydrogens is 236 g/mol. The highest BCUT2D eigenvalue weighted by Gasteiger charge is 2.22. The second-order valence-electron chi connectivity index (χ2n) is 4.10. The Kier molecular flexibility index (Phi) is 4.12. The molecule has 0 bridgehead atoms. The van der Waals surface area contributed by atoms with Gasteiger partial charge in [0, 0.05) is 24.4 Å². The molecule has 2 rings (SSSR count). The van der Waals surface area contributed by atoms with Gasteiger partial charge in [-0.25, -0.2) is 4.98 Å². The van der Waals surface area contributed by atoms with Crippen molar-refractivity contribution in [3.05, 3.63) is 15.6 Å². The van der Waals surface area contributed by atoms with Crippen LogP contribution in [0.4, 0.5) is 0 Å². The van der Waals surface area contributed by atoms with Crippen molar-refractivity contribution in [1.82, 2.24) is 9.88 Å². The zero-order valence-corrected chi connectivity index (χ0v) is 11.2. The third kappa shape index (κ3) is 3.04. The summed E-state index contributed by atoms with van der Waals surface area (Å²) >= 11 is 1.77. The molecule has 1 aliphatic heterocycles. The Bertz CT molecular complexity index is 403. The van der Waals surface area contributed by atoms with Crippen LogP contribution in [0.3, 0.4) is 0 Å². The van der Waals surface area contributed by atoms with Crippen LogP contribution in [0.15, 0.2) is 0 Å². The van der Waals surface area contributed by atoms with Gasteiger partial charge < -0.3 is 4.74 Å². The number of carbonyl (C=O) groups excluding carboxylic acids is 1. The maximum absolute atomic E-state index is 11.4. The van der Waals surface area contributed by atoms with E-state index in [9.17, 15) is 4.79 Å². The van der Waals surface area contributed by atoms with Gasteiger partial charge in [-0.05, 0) is 13.3 Å². The first-order chi connectivity index (χ1) is 8.22. The highest BCUT2D eigenvalue weighted by Crippen LogP contribution is 2.25. The zero-order valence-electron chi connectivity index (χ0n) is 10.4. The SMILES string of the molecule is CCOC(=O)CN1CCc2nc(CC)sc2C1. The number of esters is 1. The summed E-state index contributed by atoms with van der Waals surface area (Å²) in [4.78, 5) is 19.5. The number of rotatable bonds is 4. The molecule has 0 fully saturated rings. The molecule has 2 heterocycles. The standard InChI is InChI=1S/C12H18N2O2S/c1-3-11-13-9-5-6-14(7-10(9)17-11)8-12(15)16-4-2/h3-8H2,1-2H3. The van der Waals surface area contributed by atoms with Gasteiger partial charge in [-0.15, -0.1) is 11.3 Å². The number of fused-ring (bicyclic) bond motifs is 1. The van der Waals surface area contributed by atoms with E-state index in [0.29, 0.717) is 13.2 Å². The minimum Gasteiger partial charge on any atom is -0.465 e. The largest absolute Gasteiger partial charge is 0.465 e. The van der Waals surface area contributed by atoms with Gasteiger partial charge in [0.05, 0.1) is 23.9 Å². The topological polar surface area (TPSA) is 42.4 Å². The fourth-order valence-electron chi connectivity index (χ4n) is 1.98. The molecule has 0 aromatic carbocycles. The summed E-state index contributed by atoms with van der Waals surface area (Å²) in [5.74, 6) is -0.129. The summed E-state index contributed by atoms with van der Waals surface area (Å²) in [5.41, 5.74) is 1.23. The van der Waals surface area contributed by atoms with Crippen LogP contribution < -0.4 is 0 Å². The molecule has 0 atom stereocenters. The molecule has 17 heavy (non-hydrogen) atoms. The van der Waals surface area contributed by atoms with Gasteiger partial charge >= 0.3 is 5.97 Å². The first-order valence-electron chi connectivity index (χ1n) is 6.08. The summed E-state index contributed by atoms with van der Waals surface area (Å²) in [6, 6.07) is 0. The van der Waals surface area contributed by atoms with Crippen LogP contribution in [0.5, 0.6) is 0 Å². The molecule has 0 amide bonds. The lowest BCUT2D eigenvalue weighted by Gasteiger charge is -2.24. The first kappa shape index (κ1) is 12.5. The lowest BCUT2D eigenvalue weighted by Crippen LogP contribution is -2.35. The average molecular weight is 254 g/mol. The first-order valence-corrected chi connectivity index (χ1v) is 6.90. The molecule has 1 aromatic heterocycles. The summed E-state index contributed by atoms with van der Waals surface area (Å²) in [7, 11) is 0. The molecule has 0 saturated heterocycles. The highest BCUT2D eigenvalue weighted by molar-refractivity contribution is 7.11. The molecule has 0 N–H and O–H groups in total. The third-order valence-corrected chi connectivity index (χ3v) is 4.04. The van der Waals surface area contributed by atoms with Crippen molar-refractivity contribution < 1.29 is 9.53 Å². The molecule has 94 valence electrons. The number of aromatic nitrogens is 1. The van der Waals surface area contributed by atoms with Crippen LogP contribution in [0.1, 0.15) is 29.4 Å². The van der Waals surface area contributed by atoms with E-state index in [1.54, 1.807) is 11.3 Å². The number of carbonyl (C=O) groups is 1. The van der Waals surface area contributed by atoms with Crippen LogP contribution in [-0.2, 0) is 28.9 Å². The number of hydrogen-bond donors (Lipinski definition) is 0. The predicted octanol–water partition coefficient (Wildman–Crippen LogP) is 1.63. The fraction of sp³-hybridized carbons (Fsp3) is 0.667. The third-order valence-electron chi connectivity index (χ3n) is 2.82. The van der Waals surface area contributed by atoms with Gasteiger partial charge in [0.25, 0.3) is 0 Å². The van der Waals surface area contributed by atoms with Gasteiger partial charge in [-0.3, -0.25) is 9.69 Å². The lowest BCUT2D eigenvalue weighted by molar-refractivity contribution is -0.144. The molecule has 0 radical (unpaired) electrons. The Morgan fingerprint density at radius 1 is 1.53 bits per heavy atom. The van der Waals surface area contributed by atoms with Crippen molar-refractivity contribution in [1.29, 1.82) is 0 Å². The highest BCUT2D eigenvalue weighted by atomic mass is 32.1. The number of aryl methyl sites for hydroxylation is 1. The minimum absolute atomic E-state index is 0.129. The molecule has 0 saturated carbocycles. The Balaban J connectivity index is 1.96. The van der Waals surface area contributed by atoms with E-state index in [0.717, 1.165) is 25.9 Å². The second-order valence-corrected chi connectivity index (χ2v) is 5.26. The second kappa shape index (κ2) is 5.60. The normalized spacial score (nSPS) is 15.6. The van der Waals surface area contributed by atoms with E-state index in [4.69, 9.17) is 4.74 Å². The zero-order chi connectivity index (χ0) is 12.3. The number of nitrogens with zero attached hydrogens (tertiary/aromatic N) is 2. The number of thiazole rings is 1. The van der Waals surface area contributed by atoms with Gasteiger partial charge in [0.1, 0.15) is 0 Å². The maximum Gasteiger partial charge on any atom is 0.320 e. The predicted molar refractivity (Wildman–Crippen MR) is 67.1 cm³/mol. The Morgan fingerprint density at radius 2 is 2.35 bits per heavy atom. The molecule has 1 aliphatic rings. The average Bonchev–Trinajstić information content (AvgIpc) is 2.71. The summed E-state index contributed by atoms with van der Waals surface area (Å²) in [6.45, 7) is 6.55. The molecule has 4 nitrogen and oxygen atoms in total. The van der Waals surface area contributed by atoms with Crippen molar-refractivity contribution in [3.8, 4) is 0 Å². The molecule has 1 aromatic rings. The molecule has 0 aliphatic carbocycles. The van der Waals surface area contributed by atoms with Crippen LogP contribution >= 0.6 is 11.3 Å². The number of hydrogen-bond acceptors (Lipinski definition) is 5. The van der Waals surface area contributed by atoms with Gasteiger partial charge in [0.2, 0.25) is 0 Å². The van der Waals surface area contributed by atoms with Crippen LogP contribution in [-0.4, -0.2) is 35.5 Å². The Hall–Kier alpha value is -0.940. The molecule has 0 spiro atoms. The molecular formula is C12H18N2O2S. The monoisotopic (exact) mass is 254 g/mol. The van der Waals surface area contributed by atoms with Gasteiger partial charge in [-0.1, -0.05) is 6.92 Å². The van der Waals surface area contributed by atoms with E-state index in [2.05, 4.69) is 16.8 Å². The Morgan fingerprint density at radius 3 is 3.06 bits per heavy atom. The van der Waals surface area contributed by atoms with Crippen molar-refractivity contribution in [3.63, 3.8) is 0 Å². The van der Waals surface area contributed by atoms with E-state index in [1.807, 2.05) is 6.92 Å². The fourth-order valence-corrected chi connectivity index (χ4v) is 3.07. The van der Waals surface area contributed by atoms with Crippen molar-refractivity contribution in [2.45, 2.75) is 33.2 Å². The lowest BCUT2D eigenvalue weighted by atomic mass is 10.2. The molecule has 0 unspecified atom stereocenters. The minimum atomic E-state index is -0.129. The van der Waals surface area contributed by atoms with E-state index in [1.165, 1.54) is 15.6 Å². The van der Waals surface area contributed by atoms with E-state index in [-0.39, 0.29) is 5.97 Å².